The number of hydrogen-bond acceptors (Lipinski definition) is 3. The second-order valence-electron chi connectivity index (χ2n) is 4.57. The molecule has 0 spiro atoms. The predicted molar refractivity (Wildman–Crippen MR) is 106 cm³/mol. The molecule has 128 valence electrons. The summed E-state index contributed by atoms with van der Waals surface area (Å²) in [6, 6.07) is 7.20. The van der Waals surface area contributed by atoms with E-state index < -0.39 is 0 Å². The smallest absolute Gasteiger partial charge is 0.150 e. The van der Waals surface area contributed by atoms with Gasteiger partial charge in [-0.05, 0) is 43.8 Å². The monoisotopic (exact) mass is 389 g/mol. The first-order chi connectivity index (χ1) is 11.7. The molecule has 0 saturated carbocycles. The highest BCUT2D eigenvalue weighted by molar-refractivity contribution is 9.10. The van der Waals surface area contributed by atoms with Gasteiger partial charge in [-0.3, -0.25) is 9.79 Å². The van der Waals surface area contributed by atoms with E-state index in [0.717, 1.165) is 23.6 Å². The zero-order chi connectivity index (χ0) is 18.0. The Kier molecular flexibility index (Phi) is 14.2. The molecule has 0 heterocycles. The van der Waals surface area contributed by atoms with Gasteiger partial charge in [0, 0.05) is 16.2 Å². The maximum absolute atomic E-state index is 10.1. The van der Waals surface area contributed by atoms with E-state index in [1.807, 2.05) is 30.4 Å². The zero-order valence-corrected chi connectivity index (χ0v) is 15.8. The summed E-state index contributed by atoms with van der Waals surface area (Å²) in [6.45, 7) is 5.51. The first-order valence-corrected chi connectivity index (χ1v) is 8.32. The molecule has 0 aliphatic heterocycles. The topological polar surface area (TPSA) is 38.7 Å². The molecule has 24 heavy (non-hydrogen) atoms. The Morgan fingerprint density at radius 1 is 1.25 bits per heavy atom. The molecule has 3 nitrogen and oxygen atoms in total. The fraction of sp³-hybridized carbons (Fsp3) is 0.200. The van der Waals surface area contributed by atoms with E-state index in [1.54, 1.807) is 31.7 Å². The first kappa shape index (κ1) is 21.8. The third-order valence-corrected chi connectivity index (χ3v) is 3.35. The van der Waals surface area contributed by atoms with Crippen LogP contribution in [0.4, 0.5) is 0 Å². The van der Waals surface area contributed by atoms with Crippen molar-refractivity contribution in [2.45, 2.75) is 19.8 Å². The van der Waals surface area contributed by atoms with Crippen molar-refractivity contribution in [2.24, 2.45) is 4.99 Å². The molecule has 0 aliphatic rings. The maximum atomic E-state index is 10.1. The Labute approximate surface area is 153 Å². The van der Waals surface area contributed by atoms with Crippen LogP contribution in [0.15, 0.2) is 82.1 Å². The van der Waals surface area contributed by atoms with Gasteiger partial charge in [0.25, 0.3) is 0 Å². The molecule has 0 aliphatic carbocycles. The van der Waals surface area contributed by atoms with Crippen molar-refractivity contribution < 1.29 is 9.53 Å². The molecule has 4 heteroatoms. The van der Waals surface area contributed by atoms with Crippen LogP contribution in [-0.4, -0.2) is 20.1 Å². The lowest BCUT2D eigenvalue weighted by Crippen LogP contribution is -1.76. The number of ether oxygens (including phenoxy) is 1. The van der Waals surface area contributed by atoms with Gasteiger partial charge in [0.15, 0.2) is 0 Å². The minimum atomic E-state index is 0.707. The third-order valence-electron chi connectivity index (χ3n) is 2.83. The lowest BCUT2D eigenvalue weighted by molar-refractivity contribution is 0.112. The van der Waals surface area contributed by atoms with Crippen molar-refractivity contribution in [3.63, 3.8) is 0 Å². The summed E-state index contributed by atoms with van der Waals surface area (Å²) in [4.78, 5) is 13.7. The molecular weight excluding hydrogens is 366 g/mol. The van der Waals surface area contributed by atoms with Crippen LogP contribution in [-0.2, 0) is 4.74 Å². The van der Waals surface area contributed by atoms with Gasteiger partial charge in [-0.25, -0.2) is 0 Å². The van der Waals surface area contributed by atoms with E-state index in [2.05, 4.69) is 46.7 Å². The Balaban J connectivity index is 0.000000496. The Bertz CT molecular complexity index is 584. The Morgan fingerprint density at radius 2 is 1.96 bits per heavy atom. The van der Waals surface area contributed by atoms with Gasteiger partial charge in [-0.15, -0.1) is 0 Å². The predicted octanol–water partition coefficient (Wildman–Crippen LogP) is 5.91. The highest BCUT2D eigenvalue weighted by Crippen LogP contribution is 2.08. The molecule has 1 rings (SSSR count). The van der Waals surface area contributed by atoms with E-state index in [4.69, 9.17) is 4.74 Å². The number of aliphatic imine (C=N–C) groups is 1. The molecule has 0 bridgehead atoms. The summed E-state index contributed by atoms with van der Waals surface area (Å²) >= 11 is 3.26. The number of rotatable bonds is 8. The van der Waals surface area contributed by atoms with Crippen molar-refractivity contribution in [3.8, 4) is 0 Å². The number of carbonyl (C=O) groups excluding carboxylic acids is 1. The minimum Gasteiger partial charge on any atom is -0.504 e. The fourth-order valence-electron chi connectivity index (χ4n) is 1.53. The molecule has 0 amide bonds. The normalized spacial score (nSPS) is 11.5. The summed E-state index contributed by atoms with van der Waals surface area (Å²) in [5.41, 5.74) is 2.06. The number of aldehydes is 1. The number of allylic oxidation sites excluding steroid dienone is 6. The molecule has 0 atom stereocenters. The van der Waals surface area contributed by atoms with E-state index in [9.17, 15) is 4.79 Å². The van der Waals surface area contributed by atoms with Crippen LogP contribution in [0, 0.1) is 0 Å². The number of methoxy groups -OCH3 is 1. The van der Waals surface area contributed by atoms with E-state index in [-0.39, 0.29) is 0 Å². The lowest BCUT2D eigenvalue weighted by Gasteiger charge is -1.96. The summed E-state index contributed by atoms with van der Waals surface area (Å²) in [6.07, 6.45) is 16.1. The zero-order valence-electron chi connectivity index (χ0n) is 14.2. The van der Waals surface area contributed by atoms with Crippen LogP contribution in [0.25, 0.3) is 0 Å². The van der Waals surface area contributed by atoms with Gasteiger partial charge < -0.3 is 4.74 Å². The van der Waals surface area contributed by atoms with Crippen molar-refractivity contribution >= 4 is 28.9 Å². The molecule has 0 radical (unpaired) electrons. The second kappa shape index (κ2) is 15.7. The maximum Gasteiger partial charge on any atom is 0.150 e. The van der Waals surface area contributed by atoms with Crippen LogP contribution in [0.2, 0.25) is 0 Å². The van der Waals surface area contributed by atoms with Crippen molar-refractivity contribution in [3.05, 3.63) is 82.7 Å². The number of carbonyl (C=O) groups is 1. The van der Waals surface area contributed by atoms with Gasteiger partial charge in [0.2, 0.25) is 0 Å². The number of hydrogen-bond donors (Lipinski definition) is 0. The molecule has 0 saturated heterocycles. The van der Waals surface area contributed by atoms with E-state index in [0.29, 0.717) is 5.56 Å². The lowest BCUT2D eigenvalue weighted by atomic mass is 10.1. The number of nitrogens with zero attached hydrogens (tertiary/aromatic N) is 1. The SMILES string of the molecule is C=N/C=C\C=C(/CC)C/C=C\C=C\OC.O=Cc1ccc(Br)cc1. The van der Waals surface area contributed by atoms with E-state index in [1.165, 1.54) is 5.57 Å². The average Bonchev–Trinajstić information content (AvgIpc) is 2.61. The van der Waals surface area contributed by atoms with Gasteiger partial charge in [0.1, 0.15) is 6.29 Å². The molecule has 1 aromatic carbocycles. The van der Waals surface area contributed by atoms with Crippen LogP contribution in [0.1, 0.15) is 30.1 Å². The van der Waals surface area contributed by atoms with E-state index >= 15 is 0 Å². The van der Waals surface area contributed by atoms with Crippen LogP contribution in [0.5, 0.6) is 0 Å². The van der Waals surface area contributed by atoms with Crippen LogP contribution >= 0.6 is 15.9 Å². The quantitative estimate of drug-likeness (QED) is 0.240. The molecule has 0 unspecified atom stereocenters. The van der Waals surface area contributed by atoms with Crippen LogP contribution < -0.4 is 0 Å². The molecule has 0 fully saturated rings. The summed E-state index contributed by atoms with van der Waals surface area (Å²) < 4.78 is 5.77. The highest BCUT2D eigenvalue weighted by Gasteiger charge is 1.88. The average molecular weight is 390 g/mol. The molecule has 0 aromatic heterocycles. The summed E-state index contributed by atoms with van der Waals surface area (Å²) in [5, 5.41) is 0. The first-order valence-electron chi connectivity index (χ1n) is 7.53. The Hall–Kier alpha value is -2.20. The van der Waals surface area contributed by atoms with Crippen molar-refractivity contribution in [1.29, 1.82) is 0 Å². The summed E-state index contributed by atoms with van der Waals surface area (Å²) in [5.74, 6) is 0. The standard InChI is InChI=1S/C13H19NO.C7H5BrO/c1-4-13(10-8-11-14-2)9-6-5-7-12-15-3;8-7-3-1-6(5-9)2-4-7/h5-8,10-12H,2,4,9H2,1,3H3;1-5H/b6-5-,11-8-,12-7+,13-10+;. The van der Waals surface area contributed by atoms with Crippen molar-refractivity contribution in [2.75, 3.05) is 7.11 Å². The Morgan fingerprint density at radius 3 is 2.50 bits per heavy atom. The fourth-order valence-corrected chi connectivity index (χ4v) is 1.80. The van der Waals surface area contributed by atoms with Gasteiger partial charge in [-0.2, -0.15) is 0 Å². The largest absolute Gasteiger partial charge is 0.504 e. The molecule has 1 aromatic rings. The van der Waals surface area contributed by atoms with Crippen LogP contribution in [0.3, 0.4) is 0 Å². The number of benzene rings is 1. The minimum absolute atomic E-state index is 0.707. The van der Waals surface area contributed by atoms with Gasteiger partial charge in [-0.1, -0.05) is 58.8 Å². The molecular formula is C20H24BrNO2. The number of halogens is 1. The van der Waals surface area contributed by atoms with Gasteiger partial charge in [0.05, 0.1) is 13.4 Å². The second-order valence-corrected chi connectivity index (χ2v) is 5.48. The summed E-state index contributed by atoms with van der Waals surface area (Å²) in [7, 11) is 1.63. The third kappa shape index (κ3) is 12.4. The van der Waals surface area contributed by atoms with Crippen molar-refractivity contribution in [1.82, 2.24) is 0 Å². The highest BCUT2D eigenvalue weighted by atomic mass is 79.9. The van der Waals surface area contributed by atoms with Gasteiger partial charge >= 0.3 is 0 Å². The molecule has 0 N–H and O–H groups in total.